The number of hydrogen-bond donors (Lipinski definition) is 2. The van der Waals surface area contributed by atoms with E-state index in [0.29, 0.717) is 5.56 Å². The Kier molecular flexibility index (Phi) is 8.74. The normalized spacial score (nSPS) is 43.5. The summed E-state index contributed by atoms with van der Waals surface area (Å²) in [5.41, 5.74) is -7.27. The van der Waals surface area contributed by atoms with Crippen LogP contribution in [-0.4, -0.2) is 87.0 Å². The van der Waals surface area contributed by atoms with Crippen molar-refractivity contribution >= 4 is 23.9 Å². The molecule has 0 radical (unpaired) electrons. The molecule has 3 aliphatic heterocycles. The first-order valence-corrected chi connectivity index (χ1v) is 17.9. The molecule has 6 fully saturated rings. The van der Waals surface area contributed by atoms with Crippen LogP contribution in [0, 0.1) is 23.7 Å². The maximum absolute atomic E-state index is 14.1. The minimum Gasteiger partial charge on any atom is -0.458 e. The summed E-state index contributed by atoms with van der Waals surface area (Å²) in [6.07, 6.45) is -7.27. The van der Waals surface area contributed by atoms with E-state index in [9.17, 15) is 29.4 Å². The number of hydrogen-bond acceptors (Lipinski definition) is 13. The highest BCUT2D eigenvalue weighted by atomic mass is 16.9. The maximum Gasteiger partial charge on any atom is 0.338 e. The Balaban J connectivity index is 1.59. The summed E-state index contributed by atoms with van der Waals surface area (Å²) in [5.74, 6) is -8.96. The second kappa shape index (κ2) is 12.5. The standard InChI is InChI=1S/C40H46O13/c1-20(2)37(46)31-22(4)38-28-19-21(3)30(47-23(5)41)39(28,49-25(7)43)35(45)36(8,52-34(44)26-15-11-9-12-16-26)32(48-24(6)42)29(38)33(37)51-40(50-31,53-38)27-17-13-10-14-18-27/h9-18,21-22,28-33,35,45-46H,1,19H2,2-8H3/t21-,22+,28-,29-,30-,31-,32-,33+,35+,36+,37-,38-,39+,40?/m0/s1. The van der Waals surface area contributed by atoms with Gasteiger partial charge >= 0.3 is 29.9 Å². The SMILES string of the molecule is C=C(C)[C@@]1(O)[C@@H]2OC3(c4ccccc4)O[C@H]1[C@@H](C)[C@@]1(O3)[C@H]2[C@H](OC(C)=O)[C@@](C)(OC(=O)c2ccccc2)[C@@H](O)[C@@]2(OC(C)=O)[C@H]1C[C@H](C)[C@@H]2OC(C)=O. The molecule has 6 aliphatic rings. The Labute approximate surface area is 307 Å². The number of benzene rings is 2. The van der Waals surface area contributed by atoms with Crippen molar-refractivity contribution in [2.45, 2.75) is 114 Å². The maximum atomic E-state index is 14.1. The second-order valence-corrected chi connectivity index (χ2v) is 15.5. The van der Waals surface area contributed by atoms with E-state index in [1.807, 2.05) is 0 Å². The number of aliphatic hydroxyl groups is 2. The second-order valence-electron chi connectivity index (χ2n) is 15.5. The summed E-state index contributed by atoms with van der Waals surface area (Å²) in [4.78, 5) is 53.7. The lowest BCUT2D eigenvalue weighted by Gasteiger charge is -2.73. The molecule has 3 aliphatic carbocycles. The number of fused-ring (bicyclic) bond motifs is 1. The summed E-state index contributed by atoms with van der Waals surface area (Å²) in [6, 6.07) is 16.8. The molecule has 2 aromatic rings. The van der Waals surface area contributed by atoms with Gasteiger partial charge < -0.3 is 43.4 Å². The van der Waals surface area contributed by atoms with Crippen LogP contribution in [0.3, 0.4) is 0 Å². The molecule has 284 valence electrons. The monoisotopic (exact) mass is 734 g/mol. The van der Waals surface area contributed by atoms with Crippen LogP contribution in [0.5, 0.6) is 0 Å². The Morgan fingerprint density at radius 3 is 1.94 bits per heavy atom. The summed E-state index contributed by atoms with van der Waals surface area (Å²) >= 11 is 0. The fourth-order valence-electron chi connectivity index (χ4n) is 10.4. The fourth-order valence-corrected chi connectivity index (χ4v) is 10.4. The zero-order valence-corrected chi connectivity index (χ0v) is 30.8. The molecule has 0 amide bonds. The largest absolute Gasteiger partial charge is 0.458 e. The lowest BCUT2D eigenvalue weighted by Crippen LogP contribution is -2.86. The molecule has 1 unspecified atom stereocenters. The molecule has 1 spiro atoms. The van der Waals surface area contributed by atoms with Crippen LogP contribution in [0.25, 0.3) is 0 Å². The highest BCUT2D eigenvalue weighted by Gasteiger charge is 2.88. The van der Waals surface area contributed by atoms with Crippen molar-refractivity contribution in [1.29, 1.82) is 0 Å². The summed E-state index contributed by atoms with van der Waals surface area (Å²) < 4.78 is 45.6. The van der Waals surface area contributed by atoms with Crippen LogP contribution in [0.1, 0.15) is 70.8 Å². The van der Waals surface area contributed by atoms with E-state index >= 15 is 0 Å². The predicted octanol–water partition coefficient (Wildman–Crippen LogP) is 3.73. The van der Waals surface area contributed by atoms with Crippen molar-refractivity contribution < 1.29 is 62.5 Å². The van der Waals surface area contributed by atoms with Gasteiger partial charge in [0.1, 0.15) is 30.0 Å². The number of ether oxygens (including phenoxy) is 7. The summed E-state index contributed by atoms with van der Waals surface area (Å²) in [6.45, 7) is 14.3. The third kappa shape index (κ3) is 5.00. The highest BCUT2D eigenvalue weighted by Crippen LogP contribution is 2.72. The Hall–Kier alpha value is -4.14. The van der Waals surface area contributed by atoms with E-state index in [-0.39, 0.29) is 17.6 Å². The van der Waals surface area contributed by atoms with E-state index < -0.39 is 106 Å². The lowest BCUT2D eigenvalue weighted by atomic mass is 9.51. The van der Waals surface area contributed by atoms with Gasteiger partial charge in [0, 0.05) is 38.2 Å². The topological polar surface area (TPSA) is 173 Å². The smallest absolute Gasteiger partial charge is 0.338 e. The zero-order valence-electron chi connectivity index (χ0n) is 30.8. The van der Waals surface area contributed by atoms with Gasteiger partial charge in [-0.05, 0) is 43.9 Å². The predicted molar refractivity (Wildman–Crippen MR) is 183 cm³/mol. The molecule has 8 rings (SSSR count). The van der Waals surface area contributed by atoms with E-state index in [1.54, 1.807) is 69.3 Å². The van der Waals surface area contributed by atoms with Gasteiger partial charge in [-0.15, -0.1) is 0 Å². The molecule has 53 heavy (non-hydrogen) atoms. The number of carbonyl (C=O) groups is 4. The number of carbonyl (C=O) groups excluding carboxylic acids is 4. The first-order chi connectivity index (χ1) is 24.9. The quantitative estimate of drug-likeness (QED) is 0.240. The summed E-state index contributed by atoms with van der Waals surface area (Å²) in [5, 5.41) is 26.0. The Morgan fingerprint density at radius 1 is 0.811 bits per heavy atom. The van der Waals surface area contributed by atoms with E-state index in [1.165, 1.54) is 26.0 Å². The van der Waals surface area contributed by atoms with E-state index in [2.05, 4.69) is 6.58 Å². The van der Waals surface area contributed by atoms with Gasteiger partial charge in [-0.25, -0.2) is 4.79 Å². The van der Waals surface area contributed by atoms with Crippen molar-refractivity contribution in [3.63, 3.8) is 0 Å². The molecule has 3 heterocycles. The molecule has 13 heteroatoms. The van der Waals surface area contributed by atoms with Gasteiger partial charge in [0.2, 0.25) is 0 Å². The molecule has 3 saturated carbocycles. The molecule has 2 aromatic carbocycles. The van der Waals surface area contributed by atoms with Crippen LogP contribution >= 0.6 is 0 Å². The average molecular weight is 735 g/mol. The van der Waals surface area contributed by atoms with Crippen LogP contribution in [0.15, 0.2) is 72.8 Å². The molecule has 4 bridgehead atoms. The molecule has 3 saturated heterocycles. The van der Waals surface area contributed by atoms with Gasteiger partial charge in [-0.3, -0.25) is 14.4 Å². The molecule has 13 nitrogen and oxygen atoms in total. The van der Waals surface area contributed by atoms with Gasteiger partial charge in [0.25, 0.3) is 0 Å². The summed E-state index contributed by atoms with van der Waals surface area (Å²) in [7, 11) is 0. The van der Waals surface area contributed by atoms with Crippen molar-refractivity contribution in [3.8, 4) is 0 Å². The first kappa shape index (κ1) is 37.2. The fraction of sp³-hybridized carbons (Fsp3) is 0.550. The highest BCUT2D eigenvalue weighted by molar-refractivity contribution is 5.89. The minimum absolute atomic E-state index is 0.108. The van der Waals surface area contributed by atoms with Crippen molar-refractivity contribution in [1.82, 2.24) is 0 Å². The molecule has 0 aromatic heterocycles. The molecular formula is C40H46O13. The van der Waals surface area contributed by atoms with Crippen LogP contribution in [-0.2, 0) is 53.5 Å². The third-order valence-corrected chi connectivity index (χ3v) is 12.3. The van der Waals surface area contributed by atoms with Gasteiger partial charge in [-0.1, -0.05) is 69.0 Å². The van der Waals surface area contributed by atoms with Crippen LogP contribution in [0.2, 0.25) is 0 Å². The van der Waals surface area contributed by atoms with Crippen LogP contribution in [0.4, 0.5) is 0 Å². The van der Waals surface area contributed by atoms with E-state index in [0.717, 1.165) is 13.8 Å². The number of esters is 4. The third-order valence-electron chi connectivity index (χ3n) is 12.3. The molecular weight excluding hydrogens is 688 g/mol. The number of rotatable bonds is 7. The Morgan fingerprint density at radius 2 is 1.38 bits per heavy atom. The van der Waals surface area contributed by atoms with Gasteiger partial charge in [-0.2, -0.15) is 0 Å². The average Bonchev–Trinajstić information content (AvgIpc) is 3.36. The van der Waals surface area contributed by atoms with Gasteiger partial charge in [0.15, 0.2) is 17.3 Å². The number of aliphatic hydroxyl groups excluding tert-OH is 1. The van der Waals surface area contributed by atoms with Crippen molar-refractivity contribution in [3.05, 3.63) is 83.9 Å². The molecule has 2 N–H and O–H groups in total. The molecule has 14 atom stereocenters. The lowest BCUT2D eigenvalue weighted by molar-refractivity contribution is -0.586. The minimum atomic E-state index is -2.29. The van der Waals surface area contributed by atoms with Crippen molar-refractivity contribution in [2.75, 3.05) is 0 Å². The van der Waals surface area contributed by atoms with Crippen molar-refractivity contribution in [2.24, 2.45) is 23.7 Å². The van der Waals surface area contributed by atoms with Crippen LogP contribution < -0.4 is 0 Å². The first-order valence-electron chi connectivity index (χ1n) is 17.9. The zero-order chi connectivity index (χ0) is 38.5. The Bertz CT molecular complexity index is 1830. The van der Waals surface area contributed by atoms with E-state index in [4.69, 9.17) is 33.2 Å². The van der Waals surface area contributed by atoms with Gasteiger partial charge in [0.05, 0.1) is 17.1 Å².